The smallest absolute Gasteiger partial charge is 0.314 e. The molecule has 5 nitrogen and oxygen atoms in total. The van der Waals surface area contributed by atoms with E-state index in [-0.39, 0.29) is 18.0 Å². The lowest BCUT2D eigenvalue weighted by Gasteiger charge is -2.42. The molecule has 5 rings (SSSR count). The first-order valence-corrected chi connectivity index (χ1v) is 10.8. The van der Waals surface area contributed by atoms with Crippen LogP contribution in [0.5, 0.6) is 0 Å². The van der Waals surface area contributed by atoms with Crippen molar-refractivity contribution in [1.82, 2.24) is 14.7 Å². The fourth-order valence-corrected chi connectivity index (χ4v) is 4.66. The number of guanidine groups is 1. The maximum atomic E-state index is 14.1. The fourth-order valence-electron chi connectivity index (χ4n) is 4.66. The molecule has 0 bridgehead atoms. The Morgan fingerprint density at radius 2 is 1.76 bits per heavy atom. The number of halogens is 4. The van der Waals surface area contributed by atoms with Gasteiger partial charge in [-0.15, -0.1) is 0 Å². The van der Waals surface area contributed by atoms with Crippen LogP contribution < -0.4 is 0 Å². The third-order valence-corrected chi connectivity index (χ3v) is 6.21. The Morgan fingerprint density at radius 1 is 0.970 bits per heavy atom. The first kappa shape index (κ1) is 21.6. The van der Waals surface area contributed by atoms with Gasteiger partial charge in [0.05, 0.1) is 24.2 Å². The molecule has 1 amide bonds. The Hall–Kier alpha value is -3.20. The van der Waals surface area contributed by atoms with E-state index in [0.717, 1.165) is 42.9 Å². The predicted molar refractivity (Wildman–Crippen MR) is 114 cm³/mol. The van der Waals surface area contributed by atoms with E-state index >= 15 is 0 Å². The number of aliphatic imine (C=N–C) groups is 1. The SMILES string of the molecule is O=C1C2=C(CCN(Cc3ccccc3)C2)N2CCN=C2N1Cc1ccc(C(F)(F)F)c(F)c1. The summed E-state index contributed by atoms with van der Waals surface area (Å²) in [6.45, 7) is 3.15. The molecule has 0 atom stereocenters. The van der Waals surface area contributed by atoms with E-state index in [9.17, 15) is 22.4 Å². The summed E-state index contributed by atoms with van der Waals surface area (Å²) < 4.78 is 52.9. The molecular formula is C24H22F4N4O. The second kappa shape index (κ2) is 8.30. The van der Waals surface area contributed by atoms with Gasteiger partial charge in [-0.05, 0) is 23.3 Å². The summed E-state index contributed by atoms with van der Waals surface area (Å²) in [7, 11) is 0. The summed E-state index contributed by atoms with van der Waals surface area (Å²) in [4.78, 5) is 23.6. The number of carbonyl (C=O) groups is 1. The molecule has 3 heterocycles. The molecule has 3 aliphatic rings. The minimum atomic E-state index is -4.76. The predicted octanol–water partition coefficient (Wildman–Crippen LogP) is 4.02. The van der Waals surface area contributed by atoms with Crippen molar-refractivity contribution in [2.45, 2.75) is 25.7 Å². The average Bonchev–Trinajstić information content (AvgIpc) is 3.26. The van der Waals surface area contributed by atoms with Crippen molar-refractivity contribution < 1.29 is 22.4 Å². The number of benzene rings is 2. The molecule has 172 valence electrons. The molecule has 2 aromatic rings. The van der Waals surface area contributed by atoms with Crippen LogP contribution in [0.2, 0.25) is 0 Å². The molecule has 0 unspecified atom stereocenters. The highest BCUT2D eigenvalue weighted by Gasteiger charge is 2.41. The molecule has 0 saturated carbocycles. The lowest BCUT2D eigenvalue weighted by Crippen LogP contribution is -2.53. The highest BCUT2D eigenvalue weighted by atomic mass is 19.4. The third kappa shape index (κ3) is 4.13. The van der Waals surface area contributed by atoms with Crippen LogP contribution in [0.3, 0.4) is 0 Å². The van der Waals surface area contributed by atoms with Gasteiger partial charge in [-0.2, -0.15) is 13.2 Å². The molecule has 0 spiro atoms. The van der Waals surface area contributed by atoms with Crippen LogP contribution in [-0.2, 0) is 24.1 Å². The molecule has 3 aliphatic heterocycles. The van der Waals surface area contributed by atoms with Crippen molar-refractivity contribution in [2.24, 2.45) is 4.99 Å². The van der Waals surface area contributed by atoms with E-state index in [1.165, 1.54) is 11.0 Å². The van der Waals surface area contributed by atoms with Gasteiger partial charge in [0.25, 0.3) is 5.91 Å². The Morgan fingerprint density at radius 3 is 2.48 bits per heavy atom. The van der Waals surface area contributed by atoms with Crippen molar-refractivity contribution >= 4 is 11.9 Å². The number of carbonyl (C=O) groups excluding carboxylic acids is 1. The number of hydrogen-bond acceptors (Lipinski definition) is 4. The van der Waals surface area contributed by atoms with Crippen LogP contribution >= 0.6 is 0 Å². The van der Waals surface area contributed by atoms with Crippen LogP contribution in [0.15, 0.2) is 64.8 Å². The van der Waals surface area contributed by atoms with Crippen LogP contribution in [0.1, 0.15) is 23.1 Å². The number of alkyl halides is 3. The van der Waals surface area contributed by atoms with Gasteiger partial charge in [0.1, 0.15) is 5.82 Å². The summed E-state index contributed by atoms with van der Waals surface area (Å²) in [5.41, 5.74) is 1.76. The largest absolute Gasteiger partial charge is 0.419 e. The summed E-state index contributed by atoms with van der Waals surface area (Å²) in [6.07, 6.45) is -4.05. The zero-order chi connectivity index (χ0) is 23.2. The van der Waals surface area contributed by atoms with E-state index in [1.54, 1.807) is 0 Å². The number of amides is 1. The Kier molecular flexibility index (Phi) is 5.44. The molecule has 0 saturated heterocycles. The topological polar surface area (TPSA) is 39.2 Å². The number of nitrogens with zero attached hydrogens (tertiary/aromatic N) is 4. The van der Waals surface area contributed by atoms with Crippen molar-refractivity contribution in [2.75, 3.05) is 26.2 Å². The first-order chi connectivity index (χ1) is 15.8. The van der Waals surface area contributed by atoms with Gasteiger partial charge in [-0.1, -0.05) is 36.4 Å². The lowest BCUT2D eigenvalue weighted by atomic mass is 10.00. The maximum absolute atomic E-state index is 14.1. The summed E-state index contributed by atoms with van der Waals surface area (Å²) in [6, 6.07) is 12.8. The van der Waals surface area contributed by atoms with E-state index in [1.807, 2.05) is 35.2 Å². The normalized spacial score (nSPS) is 19.0. The van der Waals surface area contributed by atoms with E-state index < -0.39 is 17.6 Å². The number of hydrogen-bond donors (Lipinski definition) is 0. The molecule has 33 heavy (non-hydrogen) atoms. The van der Waals surface area contributed by atoms with E-state index in [0.29, 0.717) is 31.2 Å². The number of fused-ring (bicyclic) bond motifs is 2. The Balaban J connectivity index is 1.39. The van der Waals surface area contributed by atoms with Gasteiger partial charge in [0.15, 0.2) is 0 Å². The molecule has 0 radical (unpaired) electrons. The van der Waals surface area contributed by atoms with Crippen molar-refractivity contribution in [3.63, 3.8) is 0 Å². The van der Waals surface area contributed by atoms with Crippen molar-refractivity contribution in [3.05, 3.63) is 82.3 Å². The lowest BCUT2D eigenvalue weighted by molar-refractivity contribution is -0.140. The van der Waals surface area contributed by atoms with Crippen LogP contribution in [-0.4, -0.2) is 52.7 Å². The second-order valence-electron chi connectivity index (χ2n) is 8.41. The molecule has 0 aromatic heterocycles. The molecule has 2 aromatic carbocycles. The first-order valence-electron chi connectivity index (χ1n) is 10.8. The molecule has 0 fully saturated rings. The van der Waals surface area contributed by atoms with Gasteiger partial charge < -0.3 is 4.90 Å². The zero-order valence-corrected chi connectivity index (χ0v) is 17.8. The monoisotopic (exact) mass is 458 g/mol. The van der Waals surface area contributed by atoms with Gasteiger partial charge >= 0.3 is 6.18 Å². The highest BCUT2D eigenvalue weighted by Crippen LogP contribution is 2.34. The number of rotatable bonds is 4. The zero-order valence-electron chi connectivity index (χ0n) is 17.8. The van der Waals surface area contributed by atoms with Crippen LogP contribution in [0.4, 0.5) is 17.6 Å². The summed E-state index contributed by atoms with van der Waals surface area (Å²) in [5, 5.41) is 0. The fraction of sp³-hybridized carbons (Fsp3) is 0.333. The Bertz CT molecular complexity index is 1140. The van der Waals surface area contributed by atoms with E-state index in [4.69, 9.17) is 0 Å². The summed E-state index contributed by atoms with van der Waals surface area (Å²) >= 11 is 0. The van der Waals surface area contributed by atoms with Crippen molar-refractivity contribution in [3.8, 4) is 0 Å². The van der Waals surface area contributed by atoms with E-state index in [2.05, 4.69) is 9.89 Å². The van der Waals surface area contributed by atoms with Crippen LogP contribution in [0.25, 0.3) is 0 Å². The molecular weight excluding hydrogens is 436 g/mol. The molecule has 9 heteroatoms. The van der Waals surface area contributed by atoms with Gasteiger partial charge in [0.2, 0.25) is 5.96 Å². The second-order valence-corrected chi connectivity index (χ2v) is 8.41. The Labute approximate surface area is 188 Å². The summed E-state index contributed by atoms with van der Waals surface area (Å²) in [5.74, 6) is -1.07. The minimum absolute atomic E-state index is 0.0430. The standard InChI is InChI=1S/C24H22F4N4O/c25-20-12-17(6-7-19(20)24(26,27)28)14-32-22(33)18-15-30(13-16-4-2-1-3-5-16)10-8-21(18)31-11-9-29-23(31)32/h1-7,12H,8-11,13-15H2. The highest BCUT2D eigenvalue weighted by molar-refractivity contribution is 6.09. The molecule has 0 aliphatic carbocycles. The average molecular weight is 458 g/mol. The third-order valence-electron chi connectivity index (χ3n) is 6.21. The maximum Gasteiger partial charge on any atom is 0.419 e. The van der Waals surface area contributed by atoms with Gasteiger partial charge in [0, 0.05) is 38.3 Å². The van der Waals surface area contributed by atoms with Gasteiger partial charge in [-0.3, -0.25) is 19.6 Å². The van der Waals surface area contributed by atoms with Crippen molar-refractivity contribution in [1.29, 1.82) is 0 Å². The molecule has 0 N–H and O–H groups in total. The van der Waals surface area contributed by atoms with Gasteiger partial charge in [-0.25, -0.2) is 4.39 Å². The minimum Gasteiger partial charge on any atom is -0.314 e. The quantitative estimate of drug-likeness (QED) is 0.650. The van der Waals surface area contributed by atoms with Crippen LogP contribution in [0, 0.1) is 5.82 Å².